The van der Waals surface area contributed by atoms with E-state index < -0.39 is 5.54 Å². The van der Waals surface area contributed by atoms with Crippen molar-refractivity contribution in [1.29, 1.82) is 0 Å². The van der Waals surface area contributed by atoms with Gasteiger partial charge < -0.3 is 15.4 Å². The van der Waals surface area contributed by atoms with Gasteiger partial charge in [-0.3, -0.25) is 4.79 Å². The third-order valence-electron chi connectivity index (χ3n) is 2.85. The first kappa shape index (κ1) is 12.9. The molecule has 1 aliphatic rings. The summed E-state index contributed by atoms with van der Waals surface area (Å²) in [5, 5.41) is 0. The van der Waals surface area contributed by atoms with Gasteiger partial charge in [-0.2, -0.15) is 0 Å². The molecule has 4 heteroatoms. The number of carbonyl (C=O) groups is 1. The number of nitrogens with two attached hydrogens (primary N) is 1. The molecule has 2 rings (SSSR count). The summed E-state index contributed by atoms with van der Waals surface area (Å²) in [6.45, 7) is 5.06. The van der Waals surface area contributed by atoms with Crippen molar-refractivity contribution in [2.24, 2.45) is 5.73 Å². The number of para-hydroxylation sites is 2. The van der Waals surface area contributed by atoms with Crippen LogP contribution in [0.2, 0.25) is 0 Å². The van der Waals surface area contributed by atoms with Crippen molar-refractivity contribution in [1.82, 2.24) is 0 Å². The zero-order valence-corrected chi connectivity index (χ0v) is 11.0. The molecule has 4 nitrogen and oxygen atoms in total. The molecule has 0 atom stereocenters. The lowest BCUT2D eigenvalue weighted by Crippen LogP contribution is -2.41. The Kier molecular flexibility index (Phi) is 3.57. The molecular formula is C14H20N2O2. The molecule has 18 heavy (non-hydrogen) atoms. The first-order valence-electron chi connectivity index (χ1n) is 6.28. The average Bonchev–Trinajstić information content (AvgIpc) is 2.48. The minimum Gasteiger partial charge on any atom is -0.491 e. The second-order valence-electron chi connectivity index (χ2n) is 5.38. The van der Waals surface area contributed by atoms with Crippen LogP contribution in [0.3, 0.4) is 0 Å². The summed E-state index contributed by atoms with van der Waals surface area (Å²) in [4.78, 5) is 14.1. The molecule has 0 unspecified atom stereocenters. The van der Waals surface area contributed by atoms with E-state index in [0.29, 0.717) is 19.6 Å². The number of hydrogen-bond donors (Lipinski definition) is 1. The van der Waals surface area contributed by atoms with Gasteiger partial charge in [0.2, 0.25) is 5.91 Å². The van der Waals surface area contributed by atoms with Crippen LogP contribution >= 0.6 is 0 Å². The fraction of sp³-hybridized carbons (Fsp3) is 0.500. The van der Waals surface area contributed by atoms with Crippen LogP contribution in [-0.4, -0.2) is 24.6 Å². The van der Waals surface area contributed by atoms with Crippen LogP contribution < -0.4 is 15.4 Å². The highest BCUT2D eigenvalue weighted by atomic mass is 16.5. The van der Waals surface area contributed by atoms with Crippen LogP contribution in [0.5, 0.6) is 5.75 Å². The summed E-state index contributed by atoms with van der Waals surface area (Å²) in [5.74, 6) is 0.832. The van der Waals surface area contributed by atoms with Crippen molar-refractivity contribution < 1.29 is 9.53 Å². The maximum Gasteiger partial charge on any atom is 0.228 e. The zero-order chi connectivity index (χ0) is 13.2. The molecule has 1 aliphatic heterocycles. The van der Waals surface area contributed by atoms with Gasteiger partial charge in [0.1, 0.15) is 5.75 Å². The van der Waals surface area contributed by atoms with E-state index in [-0.39, 0.29) is 5.91 Å². The number of ether oxygens (including phenoxy) is 1. The number of carbonyl (C=O) groups excluding carboxylic acids is 1. The first-order chi connectivity index (χ1) is 8.47. The van der Waals surface area contributed by atoms with Crippen molar-refractivity contribution in [2.75, 3.05) is 18.1 Å². The van der Waals surface area contributed by atoms with Gasteiger partial charge in [-0.15, -0.1) is 0 Å². The molecule has 0 fully saturated rings. The maximum atomic E-state index is 12.3. The highest BCUT2D eigenvalue weighted by Crippen LogP contribution is 2.31. The van der Waals surface area contributed by atoms with Crippen LogP contribution in [0, 0.1) is 0 Å². The van der Waals surface area contributed by atoms with Gasteiger partial charge in [0.15, 0.2) is 0 Å². The minimum atomic E-state index is -0.487. The second kappa shape index (κ2) is 4.98. The van der Waals surface area contributed by atoms with Crippen molar-refractivity contribution in [3.63, 3.8) is 0 Å². The Morgan fingerprint density at radius 1 is 1.44 bits per heavy atom. The lowest BCUT2D eigenvalue weighted by atomic mass is 10.0. The fourth-order valence-corrected chi connectivity index (χ4v) is 2.07. The molecule has 0 saturated carbocycles. The Morgan fingerprint density at radius 2 is 2.17 bits per heavy atom. The highest BCUT2D eigenvalue weighted by Gasteiger charge is 2.25. The normalized spacial score (nSPS) is 15.6. The molecule has 2 N–H and O–H groups in total. The predicted molar refractivity (Wildman–Crippen MR) is 71.8 cm³/mol. The summed E-state index contributed by atoms with van der Waals surface area (Å²) in [7, 11) is 0. The van der Waals surface area contributed by atoms with E-state index >= 15 is 0 Å². The molecule has 0 bridgehead atoms. The summed E-state index contributed by atoms with van der Waals surface area (Å²) >= 11 is 0. The van der Waals surface area contributed by atoms with E-state index in [0.717, 1.165) is 17.9 Å². The van der Waals surface area contributed by atoms with Crippen LogP contribution in [0.4, 0.5) is 5.69 Å². The van der Waals surface area contributed by atoms with E-state index in [1.54, 1.807) is 4.90 Å². The van der Waals surface area contributed by atoms with Crippen LogP contribution in [0.1, 0.15) is 26.7 Å². The standard InChI is InChI=1S/C14H20N2O2/c1-14(2,15)10-13(17)16-8-5-9-18-12-7-4-3-6-11(12)16/h3-4,6-7H,5,8-10,15H2,1-2H3. The molecule has 1 aromatic rings. The Labute approximate surface area is 108 Å². The van der Waals surface area contributed by atoms with E-state index in [1.165, 1.54) is 0 Å². The molecule has 0 aromatic heterocycles. The van der Waals surface area contributed by atoms with Gasteiger partial charge in [-0.1, -0.05) is 12.1 Å². The van der Waals surface area contributed by atoms with Gasteiger partial charge in [0.05, 0.1) is 12.3 Å². The van der Waals surface area contributed by atoms with Gasteiger partial charge in [-0.25, -0.2) is 0 Å². The number of benzene rings is 1. The van der Waals surface area contributed by atoms with E-state index in [2.05, 4.69) is 0 Å². The highest BCUT2D eigenvalue weighted by molar-refractivity contribution is 5.95. The SMILES string of the molecule is CC(C)(N)CC(=O)N1CCCOc2ccccc21. The second-order valence-corrected chi connectivity index (χ2v) is 5.38. The van der Waals surface area contributed by atoms with Crippen LogP contribution in [-0.2, 0) is 4.79 Å². The Hall–Kier alpha value is -1.55. The molecule has 0 spiro atoms. The predicted octanol–water partition coefficient (Wildman–Crippen LogP) is 1.93. The quantitative estimate of drug-likeness (QED) is 0.870. The third kappa shape index (κ3) is 3.01. The lowest BCUT2D eigenvalue weighted by molar-refractivity contribution is -0.119. The number of rotatable bonds is 2. The molecule has 0 saturated heterocycles. The zero-order valence-electron chi connectivity index (χ0n) is 11.0. The largest absolute Gasteiger partial charge is 0.491 e. The van der Waals surface area contributed by atoms with Gasteiger partial charge in [0, 0.05) is 18.5 Å². The Bertz CT molecular complexity index is 438. The van der Waals surface area contributed by atoms with Crippen LogP contribution in [0.25, 0.3) is 0 Å². The summed E-state index contributed by atoms with van der Waals surface area (Å²) in [6, 6.07) is 7.65. The van der Waals surface area contributed by atoms with Gasteiger partial charge >= 0.3 is 0 Å². The van der Waals surface area contributed by atoms with Gasteiger partial charge in [-0.05, 0) is 32.4 Å². The van der Waals surface area contributed by atoms with E-state index in [9.17, 15) is 4.79 Å². The van der Waals surface area contributed by atoms with Crippen molar-refractivity contribution >= 4 is 11.6 Å². The number of nitrogens with zero attached hydrogens (tertiary/aromatic N) is 1. The van der Waals surface area contributed by atoms with Gasteiger partial charge in [0.25, 0.3) is 0 Å². The average molecular weight is 248 g/mol. The minimum absolute atomic E-state index is 0.0560. The number of amides is 1. The van der Waals surface area contributed by atoms with Crippen molar-refractivity contribution in [3.8, 4) is 5.75 Å². The fourth-order valence-electron chi connectivity index (χ4n) is 2.07. The summed E-state index contributed by atoms with van der Waals surface area (Å²) < 4.78 is 5.63. The van der Waals surface area contributed by atoms with Crippen molar-refractivity contribution in [2.45, 2.75) is 32.2 Å². The smallest absolute Gasteiger partial charge is 0.228 e. The molecule has 1 aromatic carbocycles. The topological polar surface area (TPSA) is 55.6 Å². The molecular weight excluding hydrogens is 228 g/mol. The number of anilines is 1. The Balaban J connectivity index is 2.25. The summed E-state index contributed by atoms with van der Waals surface area (Å²) in [6.07, 6.45) is 1.17. The molecule has 0 aliphatic carbocycles. The monoisotopic (exact) mass is 248 g/mol. The molecule has 98 valence electrons. The summed E-state index contributed by atoms with van der Waals surface area (Å²) in [5.41, 5.74) is 6.29. The first-order valence-corrected chi connectivity index (χ1v) is 6.28. The molecule has 0 radical (unpaired) electrons. The maximum absolute atomic E-state index is 12.3. The van der Waals surface area contributed by atoms with E-state index in [1.807, 2.05) is 38.1 Å². The lowest BCUT2D eigenvalue weighted by Gasteiger charge is -2.26. The van der Waals surface area contributed by atoms with E-state index in [4.69, 9.17) is 10.5 Å². The third-order valence-corrected chi connectivity index (χ3v) is 2.85. The number of fused-ring (bicyclic) bond motifs is 1. The number of hydrogen-bond acceptors (Lipinski definition) is 3. The van der Waals surface area contributed by atoms with Crippen LogP contribution in [0.15, 0.2) is 24.3 Å². The molecule has 1 amide bonds. The Morgan fingerprint density at radius 3 is 2.89 bits per heavy atom. The molecule has 1 heterocycles. The van der Waals surface area contributed by atoms with Crippen molar-refractivity contribution in [3.05, 3.63) is 24.3 Å².